The molecule has 2 aromatic carbocycles. The summed E-state index contributed by atoms with van der Waals surface area (Å²) in [7, 11) is 0. The van der Waals surface area contributed by atoms with E-state index >= 15 is 0 Å². The van der Waals surface area contributed by atoms with Crippen molar-refractivity contribution in [3.8, 4) is 5.69 Å². The Kier molecular flexibility index (Phi) is 5.18. The third-order valence-electron chi connectivity index (χ3n) is 5.02. The van der Waals surface area contributed by atoms with E-state index < -0.39 is 5.82 Å². The quantitative estimate of drug-likeness (QED) is 0.527. The van der Waals surface area contributed by atoms with Gasteiger partial charge < -0.3 is 10.3 Å². The van der Waals surface area contributed by atoms with Crippen LogP contribution in [0.5, 0.6) is 0 Å². The summed E-state index contributed by atoms with van der Waals surface area (Å²) in [5.41, 5.74) is 3.17. The van der Waals surface area contributed by atoms with Crippen LogP contribution in [0, 0.1) is 18.6 Å². The summed E-state index contributed by atoms with van der Waals surface area (Å²) < 4.78 is 28.0. The van der Waals surface area contributed by atoms with E-state index in [1.54, 1.807) is 6.07 Å². The Morgan fingerprint density at radius 2 is 1.77 bits per heavy atom. The summed E-state index contributed by atoms with van der Waals surface area (Å²) in [5.74, 6) is -1.06. The van der Waals surface area contributed by atoms with Gasteiger partial charge in [0.1, 0.15) is 11.6 Å². The number of hydrogen-bond acceptors (Lipinski definition) is 2. The molecule has 0 saturated carbocycles. The van der Waals surface area contributed by atoms with Crippen LogP contribution in [-0.4, -0.2) is 22.0 Å². The second-order valence-electron chi connectivity index (χ2n) is 7.03. The predicted molar refractivity (Wildman–Crippen MR) is 111 cm³/mol. The van der Waals surface area contributed by atoms with Crippen LogP contribution in [0.4, 0.5) is 8.78 Å². The van der Waals surface area contributed by atoms with Crippen LogP contribution >= 0.6 is 0 Å². The zero-order chi connectivity index (χ0) is 21.3. The zero-order valence-corrected chi connectivity index (χ0v) is 16.2. The van der Waals surface area contributed by atoms with Gasteiger partial charge in [0.15, 0.2) is 0 Å². The Labute approximate surface area is 171 Å². The fourth-order valence-electron chi connectivity index (χ4n) is 3.50. The Bertz CT molecular complexity index is 1290. The summed E-state index contributed by atoms with van der Waals surface area (Å²) in [6.45, 7) is 2.26. The lowest BCUT2D eigenvalue weighted by molar-refractivity contribution is 0.0953. The molecule has 0 aliphatic carbocycles. The third-order valence-corrected chi connectivity index (χ3v) is 5.02. The topological polar surface area (TPSA) is 66.9 Å². The van der Waals surface area contributed by atoms with Crippen molar-refractivity contribution in [3.05, 3.63) is 99.6 Å². The summed E-state index contributed by atoms with van der Waals surface area (Å²) >= 11 is 0. The van der Waals surface area contributed by atoms with Crippen LogP contribution in [-0.2, 0) is 6.42 Å². The number of H-pyrrole nitrogens is 1. The van der Waals surface area contributed by atoms with Crippen LogP contribution in [0.3, 0.4) is 0 Å². The van der Waals surface area contributed by atoms with Crippen molar-refractivity contribution in [2.45, 2.75) is 13.3 Å². The maximum absolute atomic E-state index is 13.6. The van der Waals surface area contributed by atoms with Crippen LogP contribution < -0.4 is 10.9 Å². The number of aryl methyl sites for hydroxylation is 1. The molecule has 152 valence electrons. The Morgan fingerprint density at radius 1 is 1.03 bits per heavy atom. The monoisotopic (exact) mass is 407 g/mol. The lowest BCUT2D eigenvalue weighted by Crippen LogP contribution is -2.28. The molecule has 4 rings (SSSR count). The van der Waals surface area contributed by atoms with Crippen LogP contribution in [0.15, 0.2) is 65.6 Å². The van der Waals surface area contributed by atoms with Crippen molar-refractivity contribution < 1.29 is 13.6 Å². The maximum Gasteiger partial charge on any atom is 0.255 e. The molecule has 5 nitrogen and oxygen atoms in total. The number of nitrogens with zero attached hydrogens (tertiary/aromatic N) is 1. The number of fused-ring (bicyclic) bond motifs is 1. The van der Waals surface area contributed by atoms with Gasteiger partial charge in [0.05, 0.1) is 5.56 Å². The molecule has 0 radical (unpaired) electrons. The van der Waals surface area contributed by atoms with Gasteiger partial charge in [0, 0.05) is 41.1 Å². The first-order valence-corrected chi connectivity index (χ1v) is 9.46. The number of hydrogen-bond donors (Lipinski definition) is 2. The molecule has 0 fully saturated rings. The normalized spacial score (nSPS) is 11.0. The molecule has 0 saturated heterocycles. The van der Waals surface area contributed by atoms with Crippen molar-refractivity contribution in [1.29, 1.82) is 0 Å². The van der Waals surface area contributed by atoms with E-state index in [-0.39, 0.29) is 17.3 Å². The number of aromatic amines is 1. The molecular formula is C23H19F2N3O2. The Balaban J connectivity index is 1.49. The van der Waals surface area contributed by atoms with Gasteiger partial charge in [-0.1, -0.05) is 0 Å². The van der Waals surface area contributed by atoms with Crippen molar-refractivity contribution in [2.24, 2.45) is 0 Å². The predicted octanol–water partition coefficient (Wildman–Crippen LogP) is 3.88. The lowest BCUT2D eigenvalue weighted by Gasteiger charge is -2.09. The molecule has 0 aliphatic heterocycles. The SMILES string of the molecule is Cc1[nH]c2ccc(F)cc2c1CCNC(=O)c1ccc(=O)n(-c2ccc(F)cc2)c1. The molecule has 0 atom stereocenters. The first-order valence-electron chi connectivity index (χ1n) is 9.46. The number of halogens is 2. The molecule has 30 heavy (non-hydrogen) atoms. The van der Waals surface area contributed by atoms with E-state index in [4.69, 9.17) is 0 Å². The number of carbonyl (C=O) groups is 1. The number of aromatic nitrogens is 2. The van der Waals surface area contributed by atoms with E-state index in [2.05, 4.69) is 10.3 Å². The molecule has 0 spiro atoms. The average Bonchev–Trinajstić information content (AvgIpc) is 3.03. The molecule has 4 aromatic rings. The first-order chi connectivity index (χ1) is 14.4. The van der Waals surface area contributed by atoms with Crippen molar-refractivity contribution in [1.82, 2.24) is 14.9 Å². The third kappa shape index (κ3) is 3.87. The van der Waals surface area contributed by atoms with Crippen LogP contribution in [0.1, 0.15) is 21.6 Å². The summed E-state index contributed by atoms with van der Waals surface area (Å²) in [6.07, 6.45) is 1.95. The van der Waals surface area contributed by atoms with Crippen molar-refractivity contribution >= 4 is 16.8 Å². The highest BCUT2D eigenvalue weighted by Gasteiger charge is 2.12. The van der Waals surface area contributed by atoms with Gasteiger partial charge in [-0.05, 0) is 67.4 Å². The van der Waals surface area contributed by atoms with Gasteiger partial charge >= 0.3 is 0 Å². The zero-order valence-electron chi connectivity index (χ0n) is 16.2. The van der Waals surface area contributed by atoms with Gasteiger partial charge in [0.2, 0.25) is 0 Å². The van der Waals surface area contributed by atoms with Gasteiger partial charge in [-0.15, -0.1) is 0 Å². The average molecular weight is 407 g/mol. The second kappa shape index (κ2) is 7.94. The number of amides is 1. The standard InChI is InChI=1S/C23H19F2N3O2/c1-14-19(20-12-17(25)5-8-21(20)27-14)10-11-26-23(30)15-2-9-22(29)28(13-15)18-6-3-16(24)4-7-18/h2-9,12-13,27H,10-11H2,1H3,(H,26,30). The van der Waals surface area contributed by atoms with Crippen molar-refractivity contribution in [3.63, 3.8) is 0 Å². The highest BCUT2D eigenvalue weighted by atomic mass is 19.1. The largest absolute Gasteiger partial charge is 0.358 e. The van der Waals surface area contributed by atoms with Gasteiger partial charge in [-0.3, -0.25) is 14.2 Å². The van der Waals surface area contributed by atoms with E-state index in [1.165, 1.54) is 59.3 Å². The van der Waals surface area contributed by atoms with Crippen LogP contribution in [0.2, 0.25) is 0 Å². The highest BCUT2D eigenvalue weighted by molar-refractivity contribution is 5.94. The lowest BCUT2D eigenvalue weighted by atomic mass is 10.1. The Hall–Kier alpha value is -3.74. The van der Waals surface area contributed by atoms with Crippen LogP contribution in [0.25, 0.3) is 16.6 Å². The van der Waals surface area contributed by atoms with Gasteiger partial charge in [-0.2, -0.15) is 0 Å². The Morgan fingerprint density at radius 3 is 2.53 bits per heavy atom. The van der Waals surface area contributed by atoms with E-state index in [9.17, 15) is 18.4 Å². The molecule has 2 heterocycles. The molecule has 0 unspecified atom stereocenters. The number of pyridine rings is 1. The number of benzene rings is 2. The van der Waals surface area contributed by atoms with E-state index in [1.807, 2.05) is 6.92 Å². The number of rotatable bonds is 5. The maximum atomic E-state index is 13.6. The minimum absolute atomic E-state index is 0.306. The molecule has 0 aliphatic rings. The molecule has 2 aromatic heterocycles. The summed E-state index contributed by atoms with van der Waals surface area (Å²) in [6, 6.07) is 12.8. The fourth-order valence-corrected chi connectivity index (χ4v) is 3.50. The van der Waals surface area contributed by atoms with E-state index in [0.29, 0.717) is 24.2 Å². The second-order valence-corrected chi connectivity index (χ2v) is 7.03. The smallest absolute Gasteiger partial charge is 0.255 e. The molecule has 0 bridgehead atoms. The molecule has 1 amide bonds. The first kappa shape index (κ1) is 19.6. The minimum Gasteiger partial charge on any atom is -0.358 e. The molecule has 2 N–H and O–H groups in total. The fraction of sp³-hybridized carbons (Fsp3) is 0.130. The van der Waals surface area contributed by atoms with Gasteiger partial charge in [-0.25, -0.2) is 8.78 Å². The molecular weight excluding hydrogens is 388 g/mol. The summed E-state index contributed by atoms with van der Waals surface area (Å²) in [5, 5.41) is 3.63. The summed E-state index contributed by atoms with van der Waals surface area (Å²) in [4.78, 5) is 27.9. The minimum atomic E-state index is -0.409. The number of nitrogens with one attached hydrogen (secondary N) is 2. The molecule has 7 heteroatoms. The van der Waals surface area contributed by atoms with E-state index in [0.717, 1.165) is 22.2 Å². The highest BCUT2D eigenvalue weighted by Crippen LogP contribution is 2.23. The van der Waals surface area contributed by atoms with Crippen molar-refractivity contribution in [2.75, 3.05) is 6.54 Å². The number of carbonyl (C=O) groups excluding carboxylic acids is 1. The van der Waals surface area contributed by atoms with Gasteiger partial charge in [0.25, 0.3) is 11.5 Å².